The van der Waals surface area contributed by atoms with Gasteiger partial charge in [-0.2, -0.15) is 0 Å². The second kappa shape index (κ2) is 4.58. The van der Waals surface area contributed by atoms with Gasteiger partial charge in [-0.3, -0.25) is 4.68 Å². The van der Waals surface area contributed by atoms with Crippen molar-refractivity contribution in [1.82, 2.24) is 15.0 Å². The van der Waals surface area contributed by atoms with Crippen LogP contribution in [0.1, 0.15) is 49.9 Å². The zero-order chi connectivity index (χ0) is 9.80. The Hall–Kier alpha value is -0.860. The van der Waals surface area contributed by atoms with Crippen LogP contribution in [0.25, 0.3) is 0 Å². The van der Waals surface area contributed by atoms with Crippen molar-refractivity contribution in [2.24, 2.45) is 7.05 Å². The molecule has 1 aromatic heterocycles. The third kappa shape index (κ3) is 2.14. The number of aryl methyl sites for hydroxylation is 2. The molecule has 0 spiro atoms. The highest BCUT2D eigenvalue weighted by atomic mass is 15.4. The third-order valence-electron chi connectivity index (χ3n) is 3.10. The number of fused-ring (bicyclic) bond motifs is 1. The highest BCUT2D eigenvalue weighted by molar-refractivity contribution is 5.10. The second-order valence-electron chi connectivity index (χ2n) is 4.23. The SMILES string of the molecule is Cn1nnc2c1CCCCCCCC2. The van der Waals surface area contributed by atoms with Gasteiger partial charge in [0.15, 0.2) is 0 Å². The van der Waals surface area contributed by atoms with E-state index in [1.54, 1.807) is 0 Å². The molecule has 0 aromatic carbocycles. The predicted molar refractivity (Wildman–Crippen MR) is 56.1 cm³/mol. The van der Waals surface area contributed by atoms with Crippen molar-refractivity contribution in [3.05, 3.63) is 11.4 Å². The highest BCUT2D eigenvalue weighted by Gasteiger charge is 2.10. The molecule has 0 saturated carbocycles. The molecule has 0 radical (unpaired) electrons. The minimum atomic E-state index is 1.13. The Morgan fingerprint density at radius 2 is 1.57 bits per heavy atom. The van der Waals surface area contributed by atoms with Gasteiger partial charge < -0.3 is 0 Å². The summed E-state index contributed by atoms with van der Waals surface area (Å²) in [6.07, 6.45) is 10.4. The van der Waals surface area contributed by atoms with Gasteiger partial charge in [-0.25, -0.2) is 0 Å². The predicted octanol–water partition coefficient (Wildman–Crippen LogP) is 2.25. The Morgan fingerprint density at radius 3 is 2.36 bits per heavy atom. The van der Waals surface area contributed by atoms with Crippen LogP contribution in [0.2, 0.25) is 0 Å². The van der Waals surface area contributed by atoms with E-state index < -0.39 is 0 Å². The lowest BCUT2D eigenvalue weighted by Gasteiger charge is -2.07. The van der Waals surface area contributed by atoms with E-state index in [9.17, 15) is 0 Å². The molecule has 0 N–H and O–H groups in total. The molecular weight excluding hydrogens is 174 g/mol. The average molecular weight is 193 g/mol. The van der Waals surface area contributed by atoms with Crippen molar-refractivity contribution in [3.63, 3.8) is 0 Å². The van der Waals surface area contributed by atoms with Crippen LogP contribution < -0.4 is 0 Å². The van der Waals surface area contributed by atoms with Gasteiger partial charge in [0.05, 0.1) is 11.4 Å². The summed E-state index contributed by atoms with van der Waals surface area (Å²) in [7, 11) is 2.01. The number of hydrogen-bond donors (Lipinski definition) is 0. The minimum absolute atomic E-state index is 1.13. The molecule has 3 nitrogen and oxygen atoms in total. The lowest BCUT2D eigenvalue weighted by Crippen LogP contribution is -2.02. The van der Waals surface area contributed by atoms with Gasteiger partial charge in [-0.15, -0.1) is 5.10 Å². The number of hydrogen-bond acceptors (Lipinski definition) is 2. The van der Waals surface area contributed by atoms with Crippen LogP contribution in [0.15, 0.2) is 0 Å². The van der Waals surface area contributed by atoms with Gasteiger partial charge in [0.25, 0.3) is 0 Å². The van der Waals surface area contributed by atoms with Gasteiger partial charge in [0.1, 0.15) is 0 Å². The van der Waals surface area contributed by atoms with Gasteiger partial charge in [0.2, 0.25) is 0 Å². The Morgan fingerprint density at radius 1 is 0.929 bits per heavy atom. The quantitative estimate of drug-likeness (QED) is 0.632. The van der Waals surface area contributed by atoms with E-state index in [2.05, 4.69) is 10.3 Å². The number of rotatable bonds is 0. The van der Waals surface area contributed by atoms with Crippen molar-refractivity contribution >= 4 is 0 Å². The van der Waals surface area contributed by atoms with Crippen LogP contribution in [0, 0.1) is 0 Å². The Labute approximate surface area is 85.5 Å². The van der Waals surface area contributed by atoms with Crippen LogP contribution in [0.4, 0.5) is 0 Å². The molecule has 0 amide bonds. The molecule has 0 aliphatic heterocycles. The van der Waals surface area contributed by atoms with Gasteiger partial charge in [-0.1, -0.05) is 30.9 Å². The highest BCUT2D eigenvalue weighted by Crippen LogP contribution is 2.16. The van der Waals surface area contributed by atoms with Crippen molar-refractivity contribution in [2.45, 2.75) is 51.4 Å². The fourth-order valence-electron chi connectivity index (χ4n) is 2.21. The molecule has 0 saturated heterocycles. The summed E-state index contributed by atoms with van der Waals surface area (Å²) in [5.74, 6) is 0. The molecular formula is C11H19N3. The molecule has 0 fully saturated rings. The van der Waals surface area contributed by atoms with Crippen molar-refractivity contribution in [1.29, 1.82) is 0 Å². The van der Waals surface area contributed by atoms with E-state index in [0.29, 0.717) is 0 Å². The summed E-state index contributed by atoms with van der Waals surface area (Å²) >= 11 is 0. The van der Waals surface area contributed by atoms with E-state index in [1.807, 2.05) is 11.7 Å². The van der Waals surface area contributed by atoms with Crippen LogP contribution >= 0.6 is 0 Å². The third-order valence-corrected chi connectivity index (χ3v) is 3.10. The van der Waals surface area contributed by atoms with Gasteiger partial charge in [-0.05, 0) is 25.7 Å². The van der Waals surface area contributed by atoms with Gasteiger partial charge >= 0.3 is 0 Å². The normalized spacial score (nSPS) is 18.9. The van der Waals surface area contributed by atoms with E-state index >= 15 is 0 Å². The summed E-state index contributed by atoms with van der Waals surface area (Å²) in [6, 6.07) is 0. The molecule has 1 heterocycles. The smallest absolute Gasteiger partial charge is 0.0859 e. The molecule has 1 aliphatic carbocycles. The van der Waals surface area contributed by atoms with E-state index in [-0.39, 0.29) is 0 Å². The lowest BCUT2D eigenvalue weighted by molar-refractivity contribution is 0.567. The van der Waals surface area contributed by atoms with E-state index in [4.69, 9.17) is 0 Å². The molecule has 78 valence electrons. The minimum Gasteiger partial charge on any atom is -0.252 e. The first-order valence-corrected chi connectivity index (χ1v) is 5.75. The van der Waals surface area contributed by atoms with E-state index in [0.717, 1.165) is 6.42 Å². The Bertz CT molecular complexity index is 291. The standard InChI is InChI=1S/C11H19N3/c1-14-11-9-7-5-3-2-4-6-8-10(11)12-13-14/h2-9H2,1H3. The van der Waals surface area contributed by atoms with Crippen molar-refractivity contribution < 1.29 is 0 Å². The first-order chi connectivity index (χ1) is 6.88. The summed E-state index contributed by atoms with van der Waals surface area (Å²) in [5, 5.41) is 8.35. The average Bonchev–Trinajstić information content (AvgIpc) is 2.55. The van der Waals surface area contributed by atoms with Crippen molar-refractivity contribution in [3.8, 4) is 0 Å². The fraction of sp³-hybridized carbons (Fsp3) is 0.818. The maximum atomic E-state index is 4.24. The van der Waals surface area contributed by atoms with Crippen LogP contribution in [0.3, 0.4) is 0 Å². The van der Waals surface area contributed by atoms with Crippen LogP contribution in [-0.2, 0) is 19.9 Å². The first-order valence-electron chi connectivity index (χ1n) is 5.75. The molecule has 1 aromatic rings. The summed E-state index contributed by atoms with van der Waals surface area (Å²) in [6.45, 7) is 0. The molecule has 0 bridgehead atoms. The molecule has 1 aliphatic rings. The maximum absolute atomic E-state index is 4.24. The molecule has 2 rings (SSSR count). The van der Waals surface area contributed by atoms with Crippen LogP contribution in [0.5, 0.6) is 0 Å². The summed E-state index contributed by atoms with van der Waals surface area (Å²) in [4.78, 5) is 0. The molecule has 3 heteroatoms. The zero-order valence-electron chi connectivity index (χ0n) is 9.00. The van der Waals surface area contributed by atoms with Crippen LogP contribution in [-0.4, -0.2) is 15.0 Å². The largest absolute Gasteiger partial charge is 0.252 e. The van der Waals surface area contributed by atoms with Gasteiger partial charge in [0, 0.05) is 7.05 Å². The molecule has 14 heavy (non-hydrogen) atoms. The monoisotopic (exact) mass is 193 g/mol. The number of nitrogens with zero attached hydrogens (tertiary/aromatic N) is 3. The maximum Gasteiger partial charge on any atom is 0.0859 e. The summed E-state index contributed by atoms with van der Waals surface area (Å²) in [5.41, 5.74) is 2.61. The Kier molecular flexibility index (Phi) is 3.17. The summed E-state index contributed by atoms with van der Waals surface area (Å²) < 4.78 is 1.96. The fourth-order valence-corrected chi connectivity index (χ4v) is 2.21. The topological polar surface area (TPSA) is 30.7 Å². The second-order valence-corrected chi connectivity index (χ2v) is 4.23. The lowest BCUT2D eigenvalue weighted by atomic mass is 10.0. The van der Waals surface area contributed by atoms with E-state index in [1.165, 1.54) is 56.3 Å². The zero-order valence-corrected chi connectivity index (χ0v) is 9.00. The number of aromatic nitrogens is 3. The molecule has 0 unspecified atom stereocenters. The first kappa shape index (κ1) is 9.69. The van der Waals surface area contributed by atoms with Crippen molar-refractivity contribution in [2.75, 3.05) is 0 Å². The molecule has 0 atom stereocenters. The Balaban J connectivity index is 2.11.